The van der Waals surface area contributed by atoms with E-state index in [1.807, 2.05) is 36.4 Å². The average molecular weight is 502 g/mol. The van der Waals surface area contributed by atoms with Crippen molar-refractivity contribution >= 4 is 10.8 Å². The smallest absolute Gasteiger partial charge is 0.274 e. The van der Waals surface area contributed by atoms with Gasteiger partial charge in [0, 0.05) is 30.5 Å². The fourth-order valence-electron chi connectivity index (χ4n) is 5.31. The molecule has 1 aromatic heterocycles. The normalized spacial score (nSPS) is 16.5. The third kappa shape index (κ3) is 5.37. The van der Waals surface area contributed by atoms with E-state index in [-0.39, 0.29) is 17.4 Å². The highest BCUT2D eigenvalue weighted by Crippen LogP contribution is 2.32. The molecule has 0 amide bonds. The summed E-state index contributed by atoms with van der Waals surface area (Å²) in [6, 6.07) is 20.1. The molecule has 1 atom stereocenters. The van der Waals surface area contributed by atoms with Gasteiger partial charge in [0.2, 0.25) is 0 Å². The predicted octanol–water partition coefficient (Wildman–Crippen LogP) is 5.37. The zero-order chi connectivity index (χ0) is 25.8. The van der Waals surface area contributed by atoms with E-state index in [1.165, 1.54) is 12.1 Å². The Hall–Kier alpha value is -3.71. The first-order chi connectivity index (χ1) is 18.1. The van der Waals surface area contributed by atoms with Gasteiger partial charge in [0.1, 0.15) is 5.82 Å². The molecule has 6 nitrogen and oxygen atoms in total. The molecule has 5 rings (SSSR count). The fraction of sp³-hybridized carbons (Fsp3) is 0.333. The van der Waals surface area contributed by atoms with Gasteiger partial charge in [0.15, 0.2) is 11.5 Å². The lowest BCUT2D eigenvalue weighted by Crippen LogP contribution is -2.30. The van der Waals surface area contributed by atoms with E-state index in [0.29, 0.717) is 11.8 Å². The highest BCUT2D eigenvalue weighted by molar-refractivity contribution is 5.83. The molecule has 0 radical (unpaired) electrons. The second-order valence-electron chi connectivity index (χ2n) is 9.56. The van der Waals surface area contributed by atoms with Crippen LogP contribution >= 0.6 is 0 Å². The Morgan fingerprint density at radius 1 is 0.919 bits per heavy atom. The number of nitrogens with zero attached hydrogens (tertiary/aromatic N) is 3. The van der Waals surface area contributed by atoms with Crippen LogP contribution in [0.3, 0.4) is 0 Å². The van der Waals surface area contributed by atoms with E-state index in [4.69, 9.17) is 14.6 Å². The molecule has 1 saturated heterocycles. The van der Waals surface area contributed by atoms with Crippen molar-refractivity contribution in [1.29, 1.82) is 0 Å². The molecular weight excluding hydrogens is 469 g/mol. The van der Waals surface area contributed by atoms with E-state index in [2.05, 4.69) is 11.0 Å². The summed E-state index contributed by atoms with van der Waals surface area (Å²) in [5.74, 6) is 1.23. The molecule has 1 unspecified atom stereocenters. The maximum absolute atomic E-state index is 13.5. The summed E-state index contributed by atoms with van der Waals surface area (Å²) in [6.07, 6.45) is 3.21. The zero-order valence-corrected chi connectivity index (χ0v) is 21.3. The van der Waals surface area contributed by atoms with Crippen molar-refractivity contribution in [2.75, 3.05) is 27.3 Å². The molecular formula is C30H32FN3O3. The molecule has 192 valence electrons. The standard InChI is InChI=1S/C30H32FN3O3/c1-36-28-11-5-7-22(29(28)37-2)20-33-17-6-8-24(16-18-33)34-30(35)26-10-4-3-9-25(26)27(32-34)19-21-12-14-23(31)15-13-21/h3-5,7,9-15,24H,6,8,16-20H2,1-2H3. The van der Waals surface area contributed by atoms with Crippen LogP contribution in [-0.4, -0.2) is 42.0 Å². The molecule has 1 aliphatic rings. The fourth-order valence-corrected chi connectivity index (χ4v) is 5.31. The largest absolute Gasteiger partial charge is 0.493 e. The van der Waals surface area contributed by atoms with Crippen LogP contribution < -0.4 is 15.0 Å². The van der Waals surface area contributed by atoms with Crippen molar-refractivity contribution in [2.45, 2.75) is 38.3 Å². The van der Waals surface area contributed by atoms with Crippen LogP contribution in [-0.2, 0) is 13.0 Å². The molecule has 0 spiro atoms. The Morgan fingerprint density at radius 2 is 1.70 bits per heavy atom. The van der Waals surface area contributed by atoms with Crippen molar-refractivity contribution in [3.8, 4) is 11.5 Å². The van der Waals surface area contributed by atoms with Crippen molar-refractivity contribution < 1.29 is 13.9 Å². The van der Waals surface area contributed by atoms with Gasteiger partial charge in [-0.2, -0.15) is 5.10 Å². The molecule has 4 aromatic rings. The zero-order valence-electron chi connectivity index (χ0n) is 21.3. The third-order valence-corrected chi connectivity index (χ3v) is 7.20. The lowest BCUT2D eigenvalue weighted by atomic mass is 10.0. The second-order valence-corrected chi connectivity index (χ2v) is 9.56. The first-order valence-electron chi connectivity index (χ1n) is 12.7. The molecule has 0 saturated carbocycles. The Bertz CT molecular complexity index is 1430. The van der Waals surface area contributed by atoms with Gasteiger partial charge in [-0.1, -0.05) is 42.5 Å². The average Bonchev–Trinajstić information content (AvgIpc) is 3.16. The molecule has 7 heteroatoms. The van der Waals surface area contributed by atoms with Crippen molar-refractivity contribution in [2.24, 2.45) is 0 Å². The van der Waals surface area contributed by atoms with Crippen molar-refractivity contribution in [3.63, 3.8) is 0 Å². The summed E-state index contributed by atoms with van der Waals surface area (Å²) in [5.41, 5.74) is 2.84. The number of rotatable bonds is 7. The molecule has 0 aliphatic carbocycles. The number of ether oxygens (including phenoxy) is 2. The third-order valence-electron chi connectivity index (χ3n) is 7.20. The highest BCUT2D eigenvalue weighted by atomic mass is 19.1. The van der Waals surface area contributed by atoms with Crippen molar-refractivity contribution in [1.82, 2.24) is 14.7 Å². The minimum absolute atomic E-state index is 0.0151. The van der Waals surface area contributed by atoms with Crippen LogP contribution in [0.1, 0.15) is 42.1 Å². The number of methoxy groups -OCH3 is 2. The number of halogens is 1. The van der Waals surface area contributed by atoms with Crippen LogP contribution in [0.15, 0.2) is 71.5 Å². The molecule has 1 aliphatic heterocycles. The highest BCUT2D eigenvalue weighted by Gasteiger charge is 2.23. The lowest BCUT2D eigenvalue weighted by Gasteiger charge is -2.22. The van der Waals surface area contributed by atoms with Gasteiger partial charge in [-0.15, -0.1) is 0 Å². The van der Waals surface area contributed by atoms with Gasteiger partial charge in [0.25, 0.3) is 5.56 Å². The first kappa shape index (κ1) is 25.0. The Labute approximate surface area is 216 Å². The molecule has 0 N–H and O–H groups in total. The molecule has 0 bridgehead atoms. The maximum atomic E-state index is 13.5. The van der Waals surface area contributed by atoms with Gasteiger partial charge >= 0.3 is 0 Å². The second kappa shape index (κ2) is 11.1. The summed E-state index contributed by atoms with van der Waals surface area (Å²) in [4.78, 5) is 15.9. The molecule has 37 heavy (non-hydrogen) atoms. The number of benzene rings is 3. The van der Waals surface area contributed by atoms with Crippen LogP contribution in [0.5, 0.6) is 11.5 Å². The lowest BCUT2D eigenvalue weighted by molar-refractivity contribution is 0.263. The number of fused-ring (bicyclic) bond motifs is 1. The monoisotopic (exact) mass is 501 g/mol. The molecule has 1 fully saturated rings. The Morgan fingerprint density at radius 3 is 2.46 bits per heavy atom. The van der Waals surface area contributed by atoms with E-state index in [1.54, 1.807) is 31.0 Å². The number of aromatic nitrogens is 2. The van der Waals surface area contributed by atoms with Crippen molar-refractivity contribution in [3.05, 3.63) is 99.7 Å². The van der Waals surface area contributed by atoms with E-state index in [9.17, 15) is 9.18 Å². The SMILES string of the molecule is COc1cccc(CN2CCCC(n3nc(Cc4ccc(F)cc4)c4ccccc4c3=O)CC2)c1OC. The summed E-state index contributed by atoms with van der Waals surface area (Å²) >= 11 is 0. The van der Waals surface area contributed by atoms with Crippen LogP contribution in [0, 0.1) is 5.82 Å². The minimum Gasteiger partial charge on any atom is -0.493 e. The number of para-hydroxylation sites is 1. The van der Waals surface area contributed by atoms with Gasteiger partial charge in [0.05, 0.1) is 31.3 Å². The quantitative estimate of drug-likeness (QED) is 0.341. The Kier molecular flexibility index (Phi) is 7.51. The summed E-state index contributed by atoms with van der Waals surface area (Å²) in [7, 11) is 3.32. The first-order valence-corrected chi connectivity index (χ1v) is 12.7. The number of likely N-dealkylation sites (tertiary alicyclic amines) is 1. The number of hydrogen-bond acceptors (Lipinski definition) is 5. The Balaban J connectivity index is 1.40. The van der Waals surface area contributed by atoms with E-state index in [0.717, 1.165) is 72.6 Å². The number of hydrogen-bond donors (Lipinski definition) is 0. The van der Waals surface area contributed by atoms with Gasteiger partial charge in [-0.05, 0) is 55.6 Å². The predicted molar refractivity (Wildman–Crippen MR) is 143 cm³/mol. The molecule has 2 heterocycles. The topological polar surface area (TPSA) is 56.6 Å². The molecule has 3 aromatic carbocycles. The van der Waals surface area contributed by atoms with E-state index >= 15 is 0 Å². The van der Waals surface area contributed by atoms with Gasteiger partial charge in [-0.25, -0.2) is 9.07 Å². The summed E-state index contributed by atoms with van der Waals surface area (Å²) < 4.78 is 26.2. The minimum atomic E-state index is -0.263. The van der Waals surface area contributed by atoms with Crippen LogP contribution in [0.2, 0.25) is 0 Å². The van der Waals surface area contributed by atoms with E-state index < -0.39 is 0 Å². The maximum Gasteiger partial charge on any atom is 0.274 e. The van der Waals surface area contributed by atoms with Crippen LogP contribution in [0.4, 0.5) is 4.39 Å². The van der Waals surface area contributed by atoms with Gasteiger partial charge < -0.3 is 9.47 Å². The summed E-state index contributed by atoms with van der Waals surface area (Å²) in [6.45, 7) is 2.53. The summed E-state index contributed by atoms with van der Waals surface area (Å²) in [5, 5.41) is 6.43. The van der Waals surface area contributed by atoms with Gasteiger partial charge in [-0.3, -0.25) is 9.69 Å². The van der Waals surface area contributed by atoms with Crippen LogP contribution in [0.25, 0.3) is 10.8 Å².